The first-order chi connectivity index (χ1) is 11.7. The second kappa shape index (κ2) is 13.1. The third kappa shape index (κ3) is 9.76. The van der Waals surface area contributed by atoms with Crippen LogP contribution >= 0.6 is 23.5 Å². The number of rotatable bonds is 12. The van der Waals surface area contributed by atoms with Crippen LogP contribution in [0.25, 0.3) is 0 Å². The average Bonchev–Trinajstić information content (AvgIpc) is 2.57. The lowest BCUT2D eigenvalue weighted by Crippen LogP contribution is -2.21. The molecule has 1 heterocycles. The van der Waals surface area contributed by atoms with Crippen LogP contribution in [0.4, 0.5) is 0 Å². The summed E-state index contributed by atoms with van der Waals surface area (Å²) in [5.74, 6) is 1.45. The molecule has 134 valence electrons. The molecule has 1 rings (SSSR count). The van der Waals surface area contributed by atoms with Gasteiger partial charge in [-0.15, -0.1) is 23.5 Å². The summed E-state index contributed by atoms with van der Waals surface area (Å²) < 4.78 is 0. The van der Waals surface area contributed by atoms with Crippen LogP contribution in [-0.2, 0) is 19.3 Å². The topological polar surface area (TPSA) is 89.5 Å². The van der Waals surface area contributed by atoms with Crippen LogP contribution in [0.5, 0.6) is 0 Å². The fourth-order valence-corrected chi connectivity index (χ4v) is 3.30. The number of pyridine rings is 1. The van der Waals surface area contributed by atoms with E-state index < -0.39 is 0 Å². The molecule has 0 aliphatic carbocycles. The molecule has 0 saturated heterocycles. The van der Waals surface area contributed by atoms with Crippen molar-refractivity contribution < 1.29 is 19.3 Å². The molecule has 2 N–H and O–H groups in total. The zero-order valence-electron chi connectivity index (χ0n) is 13.9. The molecule has 0 bridgehead atoms. The maximum Gasteiger partial charge on any atom is 0.243 e. The molecule has 0 aliphatic heterocycles. The summed E-state index contributed by atoms with van der Waals surface area (Å²) in [6, 6.07) is 3.99. The number of amides is 2. The number of hydroxylamine groups is 2. The molecule has 0 aromatic carbocycles. The summed E-state index contributed by atoms with van der Waals surface area (Å²) in [6.45, 7) is 0. The molecular weight excluding hydrogens is 350 g/mol. The van der Waals surface area contributed by atoms with Crippen LogP contribution in [-0.4, -0.2) is 42.5 Å². The van der Waals surface area contributed by atoms with Crippen LogP contribution < -0.4 is 11.0 Å². The van der Waals surface area contributed by atoms with E-state index in [1.807, 2.05) is 18.3 Å². The molecule has 0 atom stereocenters. The van der Waals surface area contributed by atoms with Gasteiger partial charge in [0.05, 0.1) is 19.2 Å². The molecule has 1 aromatic heterocycles. The molecule has 0 radical (unpaired) electrons. The highest BCUT2D eigenvalue weighted by Gasteiger charge is 2.03. The number of carbonyl (C=O) groups excluding carboxylic acids is 2. The van der Waals surface area contributed by atoms with Gasteiger partial charge in [0.15, 0.2) is 0 Å². The van der Waals surface area contributed by atoms with Crippen LogP contribution in [0.15, 0.2) is 28.3 Å². The molecule has 2 amide bonds. The van der Waals surface area contributed by atoms with Gasteiger partial charge in [0.25, 0.3) is 0 Å². The molecule has 0 aliphatic rings. The van der Waals surface area contributed by atoms with Gasteiger partial charge in [0.1, 0.15) is 0 Å². The van der Waals surface area contributed by atoms with E-state index in [0.29, 0.717) is 12.8 Å². The Labute approximate surface area is 150 Å². The van der Waals surface area contributed by atoms with E-state index in [2.05, 4.69) is 25.6 Å². The van der Waals surface area contributed by atoms with Crippen molar-refractivity contribution >= 4 is 35.3 Å². The predicted molar refractivity (Wildman–Crippen MR) is 94.5 cm³/mol. The van der Waals surface area contributed by atoms with Gasteiger partial charge in [0.2, 0.25) is 11.8 Å². The molecule has 0 spiro atoms. The molecule has 7 nitrogen and oxygen atoms in total. The fraction of sp³-hybridized carbons (Fsp3) is 0.533. The van der Waals surface area contributed by atoms with Gasteiger partial charge in [0, 0.05) is 23.9 Å². The first-order valence-corrected chi connectivity index (χ1v) is 9.48. The first kappa shape index (κ1) is 20.8. The third-order valence-electron chi connectivity index (χ3n) is 2.76. The number of hydrogen-bond donors (Lipinski definition) is 2. The van der Waals surface area contributed by atoms with E-state index in [9.17, 15) is 9.59 Å². The Morgan fingerprint density at radius 1 is 1.00 bits per heavy atom. The highest BCUT2D eigenvalue weighted by atomic mass is 32.2. The van der Waals surface area contributed by atoms with Crippen molar-refractivity contribution in [3.63, 3.8) is 0 Å². The minimum absolute atomic E-state index is 0.109. The standard InChI is InChI=1S/C15H23N3O4S2/c1-21-17-13(19)5-3-9-23-12-7-8-15(16-11-12)24-10-4-6-14(20)18-22-2/h7-8,11H,3-6,9-10H2,1-2H3,(H,17,19)(H,18,20). The molecule has 0 unspecified atom stereocenters. The Bertz CT molecular complexity index is 455. The van der Waals surface area contributed by atoms with Crippen molar-refractivity contribution in [1.29, 1.82) is 0 Å². The van der Waals surface area contributed by atoms with Crippen molar-refractivity contribution in [2.24, 2.45) is 0 Å². The van der Waals surface area contributed by atoms with Crippen LogP contribution in [0, 0.1) is 0 Å². The van der Waals surface area contributed by atoms with Gasteiger partial charge in [-0.2, -0.15) is 0 Å². The molecule has 1 aromatic rings. The number of carbonyl (C=O) groups is 2. The number of nitrogens with one attached hydrogen (secondary N) is 2. The number of aromatic nitrogens is 1. The lowest BCUT2D eigenvalue weighted by atomic mass is 10.3. The Hall–Kier alpha value is -1.29. The van der Waals surface area contributed by atoms with Crippen LogP contribution in [0.1, 0.15) is 25.7 Å². The lowest BCUT2D eigenvalue weighted by Gasteiger charge is -2.04. The minimum Gasteiger partial charge on any atom is -0.277 e. The largest absolute Gasteiger partial charge is 0.277 e. The zero-order chi connectivity index (χ0) is 17.6. The second-order valence-corrected chi connectivity index (χ2v) is 6.98. The predicted octanol–water partition coefficient (Wildman–Crippen LogP) is 2.18. The quantitative estimate of drug-likeness (QED) is 0.330. The number of thioether (sulfide) groups is 2. The second-order valence-electron chi connectivity index (χ2n) is 4.69. The average molecular weight is 374 g/mol. The van der Waals surface area contributed by atoms with Gasteiger partial charge in [-0.3, -0.25) is 19.3 Å². The summed E-state index contributed by atoms with van der Waals surface area (Å²) in [6.07, 6.45) is 4.26. The molecule has 24 heavy (non-hydrogen) atoms. The summed E-state index contributed by atoms with van der Waals surface area (Å²) in [5.41, 5.74) is 4.59. The van der Waals surface area contributed by atoms with E-state index in [1.54, 1.807) is 23.5 Å². The molecule has 9 heteroatoms. The Morgan fingerprint density at radius 3 is 2.08 bits per heavy atom. The van der Waals surface area contributed by atoms with E-state index in [4.69, 9.17) is 0 Å². The van der Waals surface area contributed by atoms with Crippen molar-refractivity contribution in [2.45, 2.75) is 35.6 Å². The zero-order valence-corrected chi connectivity index (χ0v) is 15.5. The normalized spacial score (nSPS) is 10.4. The highest BCUT2D eigenvalue weighted by Crippen LogP contribution is 2.22. The number of hydrogen-bond acceptors (Lipinski definition) is 7. The van der Waals surface area contributed by atoms with Gasteiger partial charge in [-0.1, -0.05) is 0 Å². The van der Waals surface area contributed by atoms with Gasteiger partial charge in [-0.25, -0.2) is 15.9 Å². The van der Waals surface area contributed by atoms with Crippen molar-refractivity contribution in [3.8, 4) is 0 Å². The third-order valence-corrected chi connectivity index (χ3v) is 4.85. The van der Waals surface area contributed by atoms with Gasteiger partial charge >= 0.3 is 0 Å². The van der Waals surface area contributed by atoms with E-state index >= 15 is 0 Å². The molecule has 0 fully saturated rings. The smallest absolute Gasteiger partial charge is 0.243 e. The monoisotopic (exact) mass is 373 g/mol. The van der Waals surface area contributed by atoms with Crippen LogP contribution in [0.3, 0.4) is 0 Å². The Morgan fingerprint density at radius 2 is 1.58 bits per heavy atom. The minimum atomic E-state index is -0.114. The molecular formula is C15H23N3O4S2. The van der Waals surface area contributed by atoms with Gasteiger partial charge < -0.3 is 0 Å². The van der Waals surface area contributed by atoms with E-state index in [1.165, 1.54) is 14.2 Å². The van der Waals surface area contributed by atoms with Crippen molar-refractivity contribution in [1.82, 2.24) is 15.9 Å². The summed E-state index contributed by atoms with van der Waals surface area (Å²) >= 11 is 3.29. The summed E-state index contributed by atoms with van der Waals surface area (Å²) in [7, 11) is 2.84. The SMILES string of the molecule is CONC(=O)CCCSc1ccc(SCCCC(=O)NOC)nc1. The van der Waals surface area contributed by atoms with Crippen molar-refractivity contribution in [3.05, 3.63) is 18.3 Å². The Balaban J connectivity index is 2.16. The summed E-state index contributed by atoms with van der Waals surface area (Å²) in [4.78, 5) is 37.0. The fourth-order valence-electron chi connectivity index (χ4n) is 1.70. The Kier molecular flexibility index (Phi) is 11.3. The maximum absolute atomic E-state index is 11.2. The molecule has 0 saturated carbocycles. The van der Waals surface area contributed by atoms with Crippen molar-refractivity contribution in [2.75, 3.05) is 25.7 Å². The highest BCUT2D eigenvalue weighted by molar-refractivity contribution is 7.99. The van der Waals surface area contributed by atoms with Crippen LogP contribution in [0.2, 0.25) is 0 Å². The van der Waals surface area contributed by atoms with E-state index in [-0.39, 0.29) is 11.8 Å². The van der Waals surface area contributed by atoms with Gasteiger partial charge in [-0.05, 0) is 36.5 Å². The first-order valence-electron chi connectivity index (χ1n) is 7.51. The maximum atomic E-state index is 11.2. The number of nitrogens with zero attached hydrogens (tertiary/aromatic N) is 1. The van der Waals surface area contributed by atoms with E-state index in [0.717, 1.165) is 34.3 Å². The summed E-state index contributed by atoms with van der Waals surface area (Å²) in [5, 5.41) is 0.936. The lowest BCUT2D eigenvalue weighted by molar-refractivity contribution is -0.132.